The molecule has 0 bridgehead atoms. The highest BCUT2D eigenvalue weighted by Gasteiger charge is 2.33. The lowest BCUT2D eigenvalue weighted by atomic mass is 10.0. The van der Waals surface area contributed by atoms with E-state index < -0.39 is 0 Å². The molecule has 34 heavy (non-hydrogen) atoms. The minimum absolute atomic E-state index is 0.100. The molecule has 1 atom stereocenters. The van der Waals surface area contributed by atoms with Gasteiger partial charge in [-0.15, -0.1) is 0 Å². The molecule has 0 saturated carbocycles. The third kappa shape index (κ3) is 5.43. The van der Waals surface area contributed by atoms with Crippen LogP contribution in [0.15, 0.2) is 84.9 Å². The van der Waals surface area contributed by atoms with E-state index in [1.807, 2.05) is 73.7 Å². The van der Waals surface area contributed by atoms with Crippen LogP contribution in [0.5, 0.6) is 0 Å². The van der Waals surface area contributed by atoms with Gasteiger partial charge in [0, 0.05) is 13.1 Å². The van der Waals surface area contributed by atoms with Crippen LogP contribution in [0.4, 0.5) is 16.2 Å². The first-order valence-electron chi connectivity index (χ1n) is 11.3. The van der Waals surface area contributed by atoms with Crippen molar-refractivity contribution in [2.75, 3.05) is 29.4 Å². The van der Waals surface area contributed by atoms with Crippen molar-refractivity contribution in [1.29, 1.82) is 0 Å². The second-order valence-electron chi connectivity index (χ2n) is 8.31. The van der Waals surface area contributed by atoms with Gasteiger partial charge >= 0.3 is 6.03 Å². The molecule has 1 heterocycles. The normalized spacial score (nSPS) is 13.7. The largest absolute Gasteiger partial charge is 0.354 e. The number of para-hydroxylation sites is 2. The van der Waals surface area contributed by atoms with Crippen LogP contribution in [0.3, 0.4) is 0 Å². The number of rotatable bonds is 7. The molecular weight excluding hydrogens is 428 g/mol. The quantitative estimate of drug-likeness (QED) is 0.569. The Hall–Kier alpha value is -4.13. The standard InChI is InChI=1S/C27H28N4O3/c1-20(22-12-6-3-7-13-22)16-28-25(32)18-30-23-14-8-9-15-24(23)31(19-26(30)33)27(34)29-17-21-10-4-2-5-11-21/h2-15,20H,16-19H2,1H3,(H,28,32)(H,29,34)/t20-/m0/s1. The molecule has 4 amide bonds. The summed E-state index contributed by atoms with van der Waals surface area (Å²) in [5.74, 6) is -0.397. The summed E-state index contributed by atoms with van der Waals surface area (Å²) < 4.78 is 0. The Morgan fingerprint density at radius 2 is 1.47 bits per heavy atom. The van der Waals surface area contributed by atoms with Crippen LogP contribution in [0, 0.1) is 0 Å². The van der Waals surface area contributed by atoms with E-state index in [2.05, 4.69) is 10.6 Å². The summed E-state index contributed by atoms with van der Waals surface area (Å²) in [7, 11) is 0. The summed E-state index contributed by atoms with van der Waals surface area (Å²) in [5.41, 5.74) is 3.24. The summed E-state index contributed by atoms with van der Waals surface area (Å²) in [6.07, 6.45) is 0. The Kier molecular flexibility index (Phi) is 7.22. The number of nitrogens with zero attached hydrogens (tertiary/aromatic N) is 2. The van der Waals surface area contributed by atoms with Gasteiger partial charge in [0.15, 0.2) is 0 Å². The van der Waals surface area contributed by atoms with Crippen LogP contribution in [-0.2, 0) is 16.1 Å². The maximum atomic E-state index is 13.0. The van der Waals surface area contributed by atoms with Gasteiger partial charge in [-0.05, 0) is 29.2 Å². The van der Waals surface area contributed by atoms with E-state index >= 15 is 0 Å². The molecule has 0 saturated heterocycles. The predicted octanol–water partition coefficient (Wildman–Crippen LogP) is 3.67. The fourth-order valence-corrected chi connectivity index (χ4v) is 3.95. The Morgan fingerprint density at radius 3 is 2.18 bits per heavy atom. The molecule has 0 unspecified atom stereocenters. The first-order valence-corrected chi connectivity index (χ1v) is 11.3. The maximum absolute atomic E-state index is 13.0. The van der Waals surface area contributed by atoms with E-state index in [0.717, 1.165) is 11.1 Å². The number of hydrogen-bond donors (Lipinski definition) is 2. The van der Waals surface area contributed by atoms with E-state index in [0.29, 0.717) is 24.5 Å². The number of carbonyl (C=O) groups is 3. The van der Waals surface area contributed by atoms with Crippen LogP contribution >= 0.6 is 0 Å². The molecule has 1 aliphatic heterocycles. The topological polar surface area (TPSA) is 81.8 Å². The number of amides is 4. The first kappa shape index (κ1) is 23.0. The molecule has 4 rings (SSSR count). The van der Waals surface area contributed by atoms with Gasteiger partial charge in [-0.2, -0.15) is 0 Å². The lowest BCUT2D eigenvalue weighted by Crippen LogP contribution is -2.53. The van der Waals surface area contributed by atoms with Crippen molar-refractivity contribution in [2.24, 2.45) is 0 Å². The molecule has 1 aliphatic rings. The van der Waals surface area contributed by atoms with Crippen molar-refractivity contribution in [1.82, 2.24) is 10.6 Å². The van der Waals surface area contributed by atoms with Gasteiger partial charge in [0.05, 0.1) is 11.4 Å². The van der Waals surface area contributed by atoms with Crippen LogP contribution in [0.25, 0.3) is 0 Å². The van der Waals surface area contributed by atoms with E-state index in [9.17, 15) is 14.4 Å². The Balaban J connectivity index is 1.41. The number of fused-ring (bicyclic) bond motifs is 1. The SMILES string of the molecule is C[C@@H](CNC(=O)CN1C(=O)CN(C(=O)NCc2ccccc2)c2ccccc21)c1ccccc1. The van der Waals surface area contributed by atoms with Crippen LogP contribution in [0.1, 0.15) is 24.0 Å². The van der Waals surface area contributed by atoms with Gasteiger partial charge in [0.25, 0.3) is 0 Å². The summed E-state index contributed by atoms with van der Waals surface area (Å²) in [4.78, 5) is 41.4. The zero-order chi connectivity index (χ0) is 23.9. The number of hydrogen-bond acceptors (Lipinski definition) is 3. The fraction of sp³-hybridized carbons (Fsp3) is 0.222. The summed E-state index contributed by atoms with van der Waals surface area (Å²) in [6.45, 7) is 2.64. The van der Waals surface area contributed by atoms with Crippen LogP contribution < -0.4 is 20.4 Å². The number of benzene rings is 3. The van der Waals surface area contributed by atoms with Gasteiger partial charge in [-0.1, -0.05) is 79.7 Å². The molecular formula is C27H28N4O3. The van der Waals surface area contributed by atoms with Crippen LogP contribution in [-0.4, -0.2) is 37.5 Å². The molecule has 0 aliphatic carbocycles. The molecule has 0 aromatic heterocycles. The smallest absolute Gasteiger partial charge is 0.322 e. The summed E-state index contributed by atoms with van der Waals surface area (Å²) in [5, 5.41) is 5.80. The minimum atomic E-state index is -0.356. The van der Waals surface area contributed by atoms with E-state index in [-0.39, 0.29) is 36.9 Å². The number of nitrogens with one attached hydrogen (secondary N) is 2. The lowest BCUT2D eigenvalue weighted by molar-refractivity contribution is -0.123. The van der Waals surface area contributed by atoms with Crippen molar-refractivity contribution < 1.29 is 14.4 Å². The molecule has 0 fully saturated rings. The highest BCUT2D eigenvalue weighted by Crippen LogP contribution is 2.33. The average molecular weight is 457 g/mol. The molecule has 2 N–H and O–H groups in total. The van der Waals surface area contributed by atoms with Crippen molar-refractivity contribution >= 4 is 29.2 Å². The van der Waals surface area contributed by atoms with Gasteiger partial charge < -0.3 is 10.6 Å². The predicted molar refractivity (Wildman–Crippen MR) is 133 cm³/mol. The summed E-state index contributed by atoms with van der Waals surface area (Å²) >= 11 is 0. The molecule has 7 nitrogen and oxygen atoms in total. The molecule has 0 spiro atoms. The second kappa shape index (κ2) is 10.7. The molecule has 3 aromatic rings. The Morgan fingerprint density at radius 1 is 0.853 bits per heavy atom. The Bertz CT molecular complexity index is 1150. The zero-order valence-electron chi connectivity index (χ0n) is 19.1. The van der Waals surface area contributed by atoms with Crippen molar-refractivity contribution in [3.05, 3.63) is 96.1 Å². The number of anilines is 2. The molecule has 3 aromatic carbocycles. The maximum Gasteiger partial charge on any atom is 0.322 e. The number of carbonyl (C=O) groups excluding carboxylic acids is 3. The van der Waals surface area contributed by atoms with Gasteiger partial charge in [-0.25, -0.2) is 4.79 Å². The molecule has 174 valence electrons. The fourth-order valence-electron chi connectivity index (χ4n) is 3.95. The van der Waals surface area contributed by atoms with Crippen molar-refractivity contribution in [3.63, 3.8) is 0 Å². The lowest BCUT2D eigenvalue weighted by Gasteiger charge is -2.35. The van der Waals surface area contributed by atoms with Gasteiger partial charge in [-0.3, -0.25) is 19.4 Å². The monoisotopic (exact) mass is 456 g/mol. The highest BCUT2D eigenvalue weighted by molar-refractivity contribution is 6.12. The Labute approximate surface area is 199 Å². The van der Waals surface area contributed by atoms with Gasteiger partial charge in [0.1, 0.15) is 13.1 Å². The summed E-state index contributed by atoms with van der Waals surface area (Å²) in [6, 6.07) is 26.3. The van der Waals surface area contributed by atoms with E-state index in [1.165, 1.54) is 9.80 Å². The molecule has 7 heteroatoms. The first-order chi connectivity index (χ1) is 16.5. The zero-order valence-corrected chi connectivity index (χ0v) is 19.1. The minimum Gasteiger partial charge on any atom is -0.354 e. The van der Waals surface area contributed by atoms with Crippen molar-refractivity contribution in [2.45, 2.75) is 19.4 Å². The second-order valence-corrected chi connectivity index (χ2v) is 8.31. The third-order valence-corrected chi connectivity index (χ3v) is 5.87. The van der Waals surface area contributed by atoms with E-state index in [1.54, 1.807) is 18.2 Å². The third-order valence-electron chi connectivity index (χ3n) is 5.87. The van der Waals surface area contributed by atoms with Gasteiger partial charge in [0.2, 0.25) is 11.8 Å². The highest BCUT2D eigenvalue weighted by atomic mass is 16.2. The van der Waals surface area contributed by atoms with E-state index in [4.69, 9.17) is 0 Å². The van der Waals surface area contributed by atoms with Crippen molar-refractivity contribution in [3.8, 4) is 0 Å². The average Bonchev–Trinajstić information content (AvgIpc) is 2.88. The number of urea groups is 1. The molecule has 0 radical (unpaired) electrons. The van der Waals surface area contributed by atoms with Crippen LogP contribution in [0.2, 0.25) is 0 Å².